The van der Waals surface area contributed by atoms with Crippen molar-refractivity contribution in [1.29, 1.82) is 0 Å². The van der Waals surface area contributed by atoms with Gasteiger partial charge in [-0.3, -0.25) is 0 Å². The number of ether oxygens (including phenoxy) is 2. The average molecular weight is 249 g/mol. The van der Waals surface area contributed by atoms with Gasteiger partial charge in [-0.15, -0.1) is 0 Å². The first-order chi connectivity index (χ1) is 8.46. The van der Waals surface area contributed by atoms with E-state index in [0.29, 0.717) is 12.5 Å². The maximum atomic E-state index is 5.96. The van der Waals surface area contributed by atoms with Crippen LogP contribution in [0, 0.1) is 0 Å². The van der Waals surface area contributed by atoms with Crippen molar-refractivity contribution >= 4 is 17.0 Å². The first kappa shape index (κ1) is 12.7. The Hall–Kier alpha value is -1.75. The fourth-order valence-electron chi connectivity index (χ4n) is 1.86. The highest BCUT2D eigenvalue weighted by Crippen LogP contribution is 2.25. The van der Waals surface area contributed by atoms with Gasteiger partial charge in [0.25, 0.3) is 0 Å². The molecule has 98 valence electrons. The van der Waals surface area contributed by atoms with E-state index in [1.807, 2.05) is 36.6 Å². The van der Waals surface area contributed by atoms with Crippen LogP contribution in [0.25, 0.3) is 11.0 Å². The van der Waals surface area contributed by atoms with Crippen LogP contribution in [0.5, 0.6) is 5.75 Å². The molecule has 2 rings (SSSR count). The molecular weight excluding hydrogens is 230 g/mol. The summed E-state index contributed by atoms with van der Waals surface area (Å²) in [6.45, 7) is 4.66. The van der Waals surface area contributed by atoms with E-state index >= 15 is 0 Å². The van der Waals surface area contributed by atoms with Gasteiger partial charge in [-0.05, 0) is 26.0 Å². The van der Waals surface area contributed by atoms with E-state index in [1.54, 1.807) is 14.2 Å². The van der Waals surface area contributed by atoms with Gasteiger partial charge in [-0.25, -0.2) is 4.98 Å². The number of fused-ring (bicyclic) bond motifs is 1. The molecule has 18 heavy (non-hydrogen) atoms. The topological polar surface area (TPSA) is 62.3 Å². The van der Waals surface area contributed by atoms with E-state index in [4.69, 9.17) is 15.2 Å². The Morgan fingerprint density at radius 3 is 2.67 bits per heavy atom. The van der Waals surface area contributed by atoms with E-state index in [0.717, 1.165) is 16.8 Å². The number of rotatable bonds is 4. The zero-order chi connectivity index (χ0) is 13.3. The standard InChI is InChI=1S/C13H19N3O2/c1-13(2,18-4)8-16-11-7-9(17-3)5-6-10(11)15-12(16)14/h5-7H,8H2,1-4H3,(H2,14,15). The fourth-order valence-corrected chi connectivity index (χ4v) is 1.86. The third-order valence-corrected chi connectivity index (χ3v) is 3.08. The van der Waals surface area contributed by atoms with E-state index in [2.05, 4.69) is 4.98 Å². The lowest BCUT2D eigenvalue weighted by Crippen LogP contribution is -2.29. The van der Waals surface area contributed by atoms with E-state index in [-0.39, 0.29) is 5.60 Å². The second kappa shape index (κ2) is 4.49. The highest BCUT2D eigenvalue weighted by Gasteiger charge is 2.20. The summed E-state index contributed by atoms with van der Waals surface area (Å²) >= 11 is 0. The van der Waals surface area contributed by atoms with E-state index in [9.17, 15) is 0 Å². The Morgan fingerprint density at radius 1 is 1.33 bits per heavy atom. The van der Waals surface area contributed by atoms with Crippen molar-refractivity contribution in [1.82, 2.24) is 9.55 Å². The highest BCUT2D eigenvalue weighted by molar-refractivity contribution is 5.79. The lowest BCUT2D eigenvalue weighted by Gasteiger charge is -2.24. The number of methoxy groups -OCH3 is 2. The van der Waals surface area contributed by atoms with Crippen molar-refractivity contribution in [3.05, 3.63) is 18.2 Å². The van der Waals surface area contributed by atoms with Crippen molar-refractivity contribution in [2.24, 2.45) is 0 Å². The molecule has 0 amide bonds. The minimum absolute atomic E-state index is 0.301. The summed E-state index contributed by atoms with van der Waals surface area (Å²) in [7, 11) is 3.33. The molecule has 0 aliphatic rings. The molecule has 1 aromatic carbocycles. The van der Waals surface area contributed by atoms with Gasteiger partial charge >= 0.3 is 0 Å². The molecular formula is C13H19N3O2. The molecule has 1 aromatic heterocycles. The third kappa shape index (κ3) is 2.26. The van der Waals surface area contributed by atoms with E-state index in [1.165, 1.54) is 0 Å². The number of aromatic nitrogens is 2. The molecule has 2 N–H and O–H groups in total. The third-order valence-electron chi connectivity index (χ3n) is 3.08. The summed E-state index contributed by atoms with van der Waals surface area (Å²) < 4.78 is 12.6. The van der Waals surface area contributed by atoms with Crippen molar-refractivity contribution in [3.8, 4) is 5.75 Å². The molecule has 2 aromatic rings. The molecule has 5 heteroatoms. The Kier molecular flexibility index (Phi) is 3.17. The first-order valence-electron chi connectivity index (χ1n) is 5.82. The van der Waals surface area contributed by atoms with Crippen molar-refractivity contribution in [2.45, 2.75) is 26.0 Å². The number of imidazole rings is 1. The zero-order valence-corrected chi connectivity index (χ0v) is 11.2. The summed E-state index contributed by atoms with van der Waals surface area (Å²) in [6.07, 6.45) is 0. The van der Waals surface area contributed by atoms with Gasteiger partial charge in [0.1, 0.15) is 5.75 Å². The van der Waals surface area contributed by atoms with Crippen LogP contribution < -0.4 is 10.5 Å². The number of nitrogen functional groups attached to an aromatic ring is 1. The van der Waals surface area contributed by atoms with Gasteiger partial charge in [-0.2, -0.15) is 0 Å². The van der Waals surface area contributed by atoms with Crippen LogP contribution in [0.4, 0.5) is 5.95 Å². The molecule has 0 atom stereocenters. The predicted molar refractivity (Wildman–Crippen MR) is 71.8 cm³/mol. The minimum Gasteiger partial charge on any atom is -0.497 e. The molecule has 1 heterocycles. The molecule has 0 radical (unpaired) electrons. The molecule has 0 aliphatic carbocycles. The molecule has 0 aliphatic heterocycles. The van der Waals surface area contributed by atoms with Gasteiger partial charge in [0.15, 0.2) is 0 Å². The lowest BCUT2D eigenvalue weighted by atomic mass is 10.1. The monoisotopic (exact) mass is 249 g/mol. The molecule has 0 fully saturated rings. The van der Waals surface area contributed by atoms with Crippen molar-refractivity contribution in [2.75, 3.05) is 20.0 Å². The van der Waals surface area contributed by atoms with Gasteiger partial charge in [0, 0.05) is 13.2 Å². The fraction of sp³-hybridized carbons (Fsp3) is 0.462. The average Bonchev–Trinajstić information content (AvgIpc) is 2.65. The Balaban J connectivity index is 2.51. The zero-order valence-electron chi connectivity index (χ0n) is 11.2. The quantitative estimate of drug-likeness (QED) is 0.900. The van der Waals surface area contributed by atoms with E-state index < -0.39 is 0 Å². The van der Waals surface area contributed by atoms with Crippen LogP contribution in [0.15, 0.2) is 18.2 Å². The molecule has 0 saturated carbocycles. The van der Waals surface area contributed by atoms with Crippen LogP contribution in [0.2, 0.25) is 0 Å². The maximum absolute atomic E-state index is 5.96. The molecule has 0 unspecified atom stereocenters. The van der Waals surface area contributed by atoms with Crippen LogP contribution >= 0.6 is 0 Å². The number of hydrogen-bond acceptors (Lipinski definition) is 4. The Labute approximate surface area is 107 Å². The van der Waals surface area contributed by atoms with Gasteiger partial charge in [0.2, 0.25) is 5.95 Å². The second-order valence-corrected chi connectivity index (χ2v) is 4.87. The number of anilines is 1. The number of hydrogen-bond donors (Lipinski definition) is 1. The Bertz CT molecular complexity index is 561. The number of benzene rings is 1. The number of nitrogens with two attached hydrogens (primary N) is 1. The first-order valence-corrected chi connectivity index (χ1v) is 5.82. The minimum atomic E-state index is -0.301. The largest absolute Gasteiger partial charge is 0.497 e. The highest BCUT2D eigenvalue weighted by atomic mass is 16.5. The van der Waals surface area contributed by atoms with Gasteiger partial charge in [-0.1, -0.05) is 0 Å². The SMILES string of the molecule is COc1ccc2nc(N)n(CC(C)(C)OC)c2c1. The summed E-state index contributed by atoms with van der Waals surface area (Å²) in [5.74, 6) is 1.28. The van der Waals surface area contributed by atoms with Gasteiger partial charge in [0.05, 0.1) is 30.3 Å². The Morgan fingerprint density at radius 2 is 2.06 bits per heavy atom. The molecule has 0 bridgehead atoms. The molecule has 5 nitrogen and oxygen atoms in total. The van der Waals surface area contributed by atoms with Crippen LogP contribution in [-0.2, 0) is 11.3 Å². The van der Waals surface area contributed by atoms with Crippen LogP contribution in [0.1, 0.15) is 13.8 Å². The second-order valence-electron chi connectivity index (χ2n) is 4.87. The normalized spacial score (nSPS) is 12.0. The maximum Gasteiger partial charge on any atom is 0.201 e. The smallest absolute Gasteiger partial charge is 0.201 e. The van der Waals surface area contributed by atoms with Crippen LogP contribution in [0.3, 0.4) is 0 Å². The van der Waals surface area contributed by atoms with Crippen molar-refractivity contribution in [3.63, 3.8) is 0 Å². The number of nitrogens with zero attached hydrogens (tertiary/aromatic N) is 2. The summed E-state index contributed by atoms with van der Waals surface area (Å²) in [5, 5.41) is 0. The van der Waals surface area contributed by atoms with Crippen molar-refractivity contribution < 1.29 is 9.47 Å². The van der Waals surface area contributed by atoms with Crippen LogP contribution in [-0.4, -0.2) is 29.4 Å². The predicted octanol–water partition coefficient (Wildman–Crippen LogP) is 2.05. The molecule has 0 saturated heterocycles. The lowest BCUT2D eigenvalue weighted by molar-refractivity contribution is 0.00946. The van der Waals surface area contributed by atoms with Gasteiger partial charge < -0.3 is 19.8 Å². The summed E-state index contributed by atoms with van der Waals surface area (Å²) in [6, 6.07) is 5.71. The molecule has 0 spiro atoms. The summed E-state index contributed by atoms with van der Waals surface area (Å²) in [5.41, 5.74) is 7.48. The summed E-state index contributed by atoms with van der Waals surface area (Å²) in [4.78, 5) is 4.34.